The average molecular weight is 419 g/mol. The van der Waals surface area contributed by atoms with Crippen LogP contribution in [0, 0.1) is 0 Å². The van der Waals surface area contributed by atoms with Crippen molar-refractivity contribution in [1.29, 1.82) is 0 Å². The molecule has 1 aromatic carbocycles. The van der Waals surface area contributed by atoms with Crippen molar-refractivity contribution in [3.05, 3.63) is 29.8 Å². The monoisotopic (exact) mass is 418 g/mol. The summed E-state index contributed by atoms with van der Waals surface area (Å²) in [6, 6.07) is 7.17. The number of carbonyl (C=O) groups is 2. The lowest BCUT2D eigenvalue weighted by atomic mass is 10.1. The van der Waals surface area contributed by atoms with E-state index >= 15 is 0 Å². The van der Waals surface area contributed by atoms with E-state index in [0.29, 0.717) is 25.1 Å². The summed E-state index contributed by atoms with van der Waals surface area (Å²) in [5, 5.41) is 3.26. The lowest BCUT2D eigenvalue weighted by Crippen LogP contribution is -2.47. The molecule has 3 rings (SSSR count). The maximum absolute atomic E-state index is 13.1. The number of amides is 2. The predicted octanol–water partition coefficient (Wildman–Crippen LogP) is 0.682. The van der Waals surface area contributed by atoms with Gasteiger partial charge in [-0.25, -0.2) is 0 Å². The molecule has 2 heterocycles. The van der Waals surface area contributed by atoms with Gasteiger partial charge >= 0.3 is 0 Å². The number of carbonyl (C=O) groups excluding carboxylic acids is 2. The minimum atomic E-state index is -0.0345. The zero-order valence-electron chi connectivity index (χ0n) is 18.0. The van der Waals surface area contributed by atoms with Gasteiger partial charge in [-0.2, -0.15) is 0 Å². The van der Waals surface area contributed by atoms with E-state index in [2.05, 4.69) is 10.2 Å². The number of hydrogen-bond acceptors (Lipinski definition) is 6. The van der Waals surface area contributed by atoms with Gasteiger partial charge in [0.2, 0.25) is 5.91 Å². The molecule has 0 unspecified atom stereocenters. The van der Waals surface area contributed by atoms with Crippen molar-refractivity contribution in [3.63, 3.8) is 0 Å². The molecule has 8 heteroatoms. The van der Waals surface area contributed by atoms with E-state index in [-0.39, 0.29) is 11.8 Å². The maximum atomic E-state index is 13.1. The largest absolute Gasteiger partial charge is 0.497 e. The molecule has 2 saturated heterocycles. The fourth-order valence-electron chi connectivity index (χ4n) is 3.84. The van der Waals surface area contributed by atoms with Gasteiger partial charge in [0.15, 0.2) is 0 Å². The molecular weight excluding hydrogens is 384 g/mol. The first-order chi connectivity index (χ1) is 14.7. The van der Waals surface area contributed by atoms with Gasteiger partial charge in [-0.15, -0.1) is 0 Å². The Hall–Kier alpha value is -2.16. The van der Waals surface area contributed by atoms with Crippen LogP contribution < -0.4 is 10.1 Å². The zero-order valence-corrected chi connectivity index (χ0v) is 18.0. The van der Waals surface area contributed by atoms with E-state index in [4.69, 9.17) is 9.47 Å². The zero-order chi connectivity index (χ0) is 21.2. The molecule has 1 aromatic rings. The lowest BCUT2D eigenvalue weighted by molar-refractivity contribution is -0.131. The number of nitrogens with zero attached hydrogens (tertiary/aromatic N) is 3. The summed E-state index contributed by atoms with van der Waals surface area (Å²) in [4.78, 5) is 31.8. The SMILES string of the molecule is COc1ccc(C(=O)N(CCCN2CCOCC2)CCC(=O)N2CCNCC2)cc1. The van der Waals surface area contributed by atoms with Crippen LogP contribution in [0.25, 0.3) is 0 Å². The molecule has 2 aliphatic rings. The molecule has 0 spiro atoms. The minimum Gasteiger partial charge on any atom is -0.497 e. The summed E-state index contributed by atoms with van der Waals surface area (Å²) in [6.45, 7) is 8.57. The molecule has 0 aliphatic carbocycles. The Bertz CT molecular complexity index is 670. The molecule has 166 valence electrons. The van der Waals surface area contributed by atoms with Crippen molar-refractivity contribution >= 4 is 11.8 Å². The van der Waals surface area contributed by atoms with Gasteiger partial charge in [-0.1, -0.05) is 0 Å². The molecule has 0 saturated carbocycles. The quantitative estimate of drug-likeness (QED) is 0.636. The van der Waals surface area contributed by atoms with Gasteiger partial charge in [0.05, 0.1) is 20.3 Å². The Balaban J connectivity index is 1.57. The molecule has 0 bridgehead atoms. The maximum Gasteiger partial charge on any atom is 0.253 e. The third-order valence-corrected chi connectivity index (χ3v) is 5.70. The smallest absolute Gasteiger partial charge is 0.253 e. The van der Waals surface area contributed by atoms with Crippen LogP contribution in [0.15, 0.2) is 24.3 Å². The number of piperazine rings is 1. The van der Waals surface area contributed by atoms with Crippen LogP contribution in [0.5, 0.6) is 5.75 Å². The van der Waals surface area contributed by atoms with E-state index < -0.39 is 0 Å². The van der Waals surface area contributed by atoms with E-state index in [1.807, 2.05) is 9.80 Å². The van der Waals surface area contributed by atoms with Crippen LogP contribution in [0.2, 0.25) is 0 Å². The highest BCUT2D eigenvalue weighted by molar-refractivity contribution is 5.94. The topological polar surface area (TPSA) is 74.4 Å². The third kappa shape index (κ3) is 6.68. The number of methoxy groups -OCH3 is 1. The normalized spacial score (nSPS) is 17.6. The summed E-state index contributed by atoms with van der Waals surface area (Å²) >= 11 is 0. The molecule has 0 aromatic heterocycles. The number of ether oxygens (including phenoxy) is 2. The molecule has 30 heavy (non-hydrogen) atoms. The third-order valence-electron chi connectivity index (χ3n) is 5.70. The van der Waals surface area contributed by atoms with Crippen LogP contribution in [0.4, 0.5) is 0 Å². The van der Waals surface area contributed by atoms with Gasteiger partial charge in [0.25, 0.3) is 5.91 Å². The van der Waals surface area contributed by atoms with E-state index in [1.165, 1.54) is 0 Å². The Kier molecular flexibility index (Phi) is 8.92. The highest BCUT2D eigenvalue weighted by Gasteiger charge is 2.21. The predicted molar refractivity (Wildman–Crippen MR) is 115 cm³/mol. The number of morpholine rings is 1. The number of hydrogen-bond donors (Lipinski definition) is 1. The fraction of sp³-hybridized carbons (Fsp3) is 0.636. The molecule has 2 aliphatic heterocycles. The average Bonchev–Trinajstić information content (AvgIpc) is 2.82. The van der Waals surface area contributed by atoms with Crippen LogP contribution in [0.3, 0.4) is 0 Å². The van der Waals surface area contributed by atoms with Crippen molar-refractivity contribution in [2.24, 2.45) is 0 Å². The lowest BCUT2D eigenvalue weighted by Gasteiger charge is -2.30. The van der Waals surface area contributed by atoms with Crippen molar-refractivity contribution in [1.82, 2.24) is 20.0 Å². The highest BCUT2D eigenvalue weighted by atomic mass is 16.5. The Morgan fingerprint density at radius 2 is 1.77 bits per heavy atom. The molecule has 8 nitrogen and oxygen atoms in total. The first kappa shape index (κ1) is 22.5. The van der Waals surface area contributed by atoms with Crippen molar-refractivity contribution in [3.8, 4) is 5.75 Å². The van der Waals surface area contributed by atoms with E-state index in [0.717, 1.165) is 71.2 Å². The number of rotatable bonds is 9. The summed E-state index contributed by atoms with van der Waals surface area (Å²) in [5.41, 5.74) is 0.622. The van der Waals surface area contributed by atoms with Crippen LogP contribution in [-0.2, 0) is 9.53 Å². The van der Waals surface area contributed by atoms with Crippen molar-refractivity contribution < 1.29 is 19.1 Å². The van der Waals surface area contributed by atoms with Crippen LogP contribution in [-0.4, -0.2) is 106 Å². The first-order valence-corrected chi connectivity index (χ1v) is 10.9. The Labute approximate surface area is 179 Å². The molecule has 1 N–H and O–H groups in total. The summed E-state index contributed by atoms with van der Waals surface area (Å²) in [5.74, 6) is 0.809. The molecule has 2 amide bonds. The number of nitrogens with one attached hydrogen (secondary N) is 1. The second kappa shape index (κ2) is 11.9. The second-order valence-electron chi connectivity index (χ2n) is 7.71. The Morgan fingerprint density at radius 1 is 1.07 bits per heavy atom. The van der Waals surface area contributed by atoms with Gasteiger partial charge in [0.1, 0.15) is 5.75 Å². The molecule has 0 atom stereocenters. The van der Waals surface area contributed by atoms with E-state index in [1.54, 1.807) is 31.4 Å². The molecule has 0 radical (unpaired) electrons. The summed E-state index contributed by atoms with van der Waals surface area (Å²) in [7, 11) is 1.61. The standard InChI is InChI=1S/C22H34N4O4/c1-29-20-5-3-19(4-6-20)22(28)26(11-2-10-24-15-17-30-18-16-24)12-7-21(27)25-13-8-23-9-14-25/h3-6,23H,2,7-18H2,1H3. The summed E-state index contributed by atoms with van der Waals surface area (Å²) in [6.07, 6.45) is 1.24. The summed E-state index contributed by atoms with van der Waals surface area (Å²) < 4.78 is 10.6. The van der Waals surface area contributed by atoms with Crippen LogP contribution in [0.1, 0.15) is 23.2 Å². The van der Waals surface area contributed by atoms with Gasteiger partial charge < -0.3 is 24.6 Å². The van der Waals surface area contributed by atoms with Crippen LogP contribution >= 0.6 is 0 Å². The highest BCUT2D eigenvalue weighted by Crippen LogP contribution is 2.14. The molecular formula is C22H34N4O4. The van der Waals surface area contributed by atoms with Gasteiger partial charge in [0, 0.05) is 70.9 Å². The number of benzene rings is 1. The molecule has 2 fully saturated rings. The second-order valence-corrected chi connectivity index (χ2v) is 7.71. The van der Waals surface area contributed by atoms with E-state index in [9.17, 15) is 9.59 Å². The minimum absolute atomic E-state index is 0.0345. The van der Waals surface area contributed by atoms with Gasteiger partial charge in [-0.3, -0.25) is 14.5 Å². The van der Waals surface area contributed by atoms with Gasteiger partial charge in [-0.05, 0) is 30.7 Å². The van der Waals surface area contributed by atoms with Crippen molar-refractivity contribution in [2.75, 3.05) is 79.2 Å². The Morgan fingerprint density at radius 3 is 2.43 bits per heavy atom. The van der Waals surface area contributed by atoms with Crippen molar-refractivity contribution in [2.45, 2.75) is 12.8 Å². The fourth-order valence-corrected chi connectivity index (χ4v) is 3.84. The first-order valence-electron chi connectivity index (χ1n) is 10.9.